The van der Waals surface area contributed by atoms with Gasteiger partial charge in [-0.1, -0.05) is 48.5 Å². The average molecular weight is 566 g/mol. The first kappa shape index (κ1) is 25.7. The summed E-state index contributed by atoms with van der Waals surface area (Å²) < 4.78 is 6.49. The number of carbonyl (C=O) groups is 3. The van der Waals surface area contributed by atoms with Crippen LogP contribution in [0.3, 0.4) is 0 Å². The van der Waals surface area contributed by atoms with Crippen LogP contribution in [0.25, 0.3) is 16.5 Å². The number of nitrogens with zero attached hydrogens (tertiary/aromatic N) is 3. The number of aromatic amines is 1. The summed E-state index contributed by atoms with van der Waals surface area (Å²) in [6.45, 7) is 2.85. The maximum absolute atomic E-state index is 14.1. The first-order valence-electron chi connectivity index (χ1n) is 15.0. The van der Waals surface area contributed by atoms with Crippen LogP contribution in [0.1, 0.15) is 36.5 Å². The second-order valence-corrected chi connectivity index (χ2v) is 12.6. The molecule has 0 saturated carbocycles. The molecule has 216 valence electrons. The number of benzene rings is 2. The molecule has 8 rings (SSSR count). The van der Waals surface area contributed by atoms with Gasteiger partial charge in [-0.3, -0.25) is 24.2 Å². The van der Waals surface area contributed by atoms with Gasteiger partial charge in [-0.05, 0) is 61.6 Å². The molecule has 42 heavy (non-hydrogen) atoms. The second-order valence-electron chi connectivity index (χ2n) is 12.6. The van der Waals surface area contributed by atoms with Crippen molar-refractivity contribution in [2.24, 2.45) is 5.92 Å². The number of hydrogen-bond donors (Lipinski definition) is 2. The van der Waals surface area contributed by atoms with Crippen LogP contribution in [0, 0.1) is 5.92 Å². The molecule has 3 aromatic rings. The molecular weight excluding hydrogens is 530 g/mol. The molecule has 2 aromatic carbocycles. The number of piperazine rings is 1. The van der Waals surface area contributed by atoms with Crippen molar-refractivity contribution in [2.45, 2.75) is 62.7 Å². The number of amides is 3. The van der Waals surface area contributed by atoms with Crippen LogP contribution in [0.4, 0.5) is 0 Å². The molecule has 1 aliphatic carbocycles. The van der Waals surface area contributed by atoms with Crippen LogP contribution in [-0.4, -0.2) is 87.6 Å². The highest BCUT2D eigenvalue weighted by Gasteiger charge is 2.61. The lowest BCUT2D eigenvalue weighted by Crippen LogP contribution is -2.65. The van der Waals surface area contributed by atoms with Gasteiger partial charge in [-0.25, -0.2) is 0 Å². The second kappa shape index (κ2) is 9.28. The molecule has 5 heterocycles. The highest BCUT2D eigenvalue weighted by Crippen LogP contribution is 2.42. The molecule has 0 bridgehead atoms. The summed E-state index contributed by atoms with van der Waals surface area (Å²) in [4.78, 5) is 50.8. The van der Waals surface area contributed by atoms with Gasteiger partial charge in [0, 0.05) is 42.7 Å². The Morgan fingerprint density at radius 2 is 1.98 bits per heavy atom. The fourth-order valence-corrected chi connectivity index (χ4v) is 8.01. The van der Waals surface area contributed by atoms with E-state index in [-0.39, 0.29) is 29.8 Å². The molecule has 3 saturated heterocycles. The SMILES string of the molecule is CN1C[C@H](C(=O)N[C@]2(C)OC3[C@@H]4CCCN4C(=O)[C@H](Cc4ccccc4)N3C2=O)C=C2c3cccc4[nH]cc(c34)C[C@H]21. The highest BCUT2D eigenvalue weighted by molar-refractivity contribution is 6.00. The predicted molar refractivity (Wildman–Crippen MR) is 157 cm³/mol. The van der Waals surface area contributed by atoms with Gasteiger partial charge < -0.3 is 19.9 Å². The molecule has 1 unspecified atom stereocenters. The van der Waals surface area contributed by atoms with E-state index in [2.05, 4.69) is 46.7 Å². The molecule has 5 aliphatic rings. The predicted octanol–water partition coefficient (Wildman–Crippen LogP) is 2.67. The van der Waals surface area contributed by atoms with Gasteiger partial charge in [0.2, 0.25) is 17.5 Å². The Morgan fingerprint density at radius 1 is 1.14 bits per heavy atom. The monoisotopic (exact) mass is 565 g/mol. The number of H-pyrrole nitrogens is 1. The Kier molecular flexibility index (Phi) is 5.68. The quantitative estimate of drug-likeness (QED) is 0.507. The maximum Gasteiger partial charge on any atom is 0.278 e. The van der Waals surface area contributed by atoms with Crippen LogP contribution in [0.15, 0.2) is 60.8 Å². The molecule has 4 aliphatic heterocycles. The topological polar surface area (TPSA) is 98.0 Å². The molecule has 1 aromatic heterocycles. The van der Waals surface area contributed by atoms with E-state index in [1.165, 1.54) is 10.9 Å². The first-order chi connectivity index (χ1) is 20.3. The smallest absolute Gasteiger partial charge is 0.278 e. The van der Waals surface area contributed by atoms with E-state index in [0.717, 1.165) is 41.5 Å². The van der Waals surface area contributed by atoms with E-state index in [4.69, 9.17) is 4.74 Å². The van der Waals surface area contributed by atoms with E-state index in [0.29, 0.717) is 19.5 Å². The number of ether oxygens (including phenoxy) is 1. The van der Waals surface area contributed by atoms with Gasteiger partial charge in [0.05, 0.1) is 12.0 Å². The number of carbonyl (C=O) groups excluding carboxylic acids is 3. The lowest BCUT2D eigenvalue weighted by molar-refractivity contribution is -0.165. The summed E-state index contributed by atoms with van der Waals surface area (Å²) >= 11 is 0. The standard InChI is InChI=1S/C33H35N5O4/c1-33(32(41)38-27(14-19-8-4-3-5-9-19)30(40)37-13-7-12-25(37)31(38)42-33)35-29(39)21-15-23-22-10-6-11-24-28(22)20(17-34-24)16-26(23)36(2)18-21/h3-6,8-11,15,17,21,25-27,31,34H,7,12-14,16,18H2,1-2H3,(H,35,39)/t21-,25+,26-,27+,31?,33-/m1/s1. The maximum atomic E-state index is 14.1. The fraction of sp³-hybridized carbons (Fsp3) is 0.424. The van der Waals surface area contributed by atoms with Crippen molar-refractivity contribution in [1.29, 1.82) is 0 Å². The van der Waals surface area contributed by atoms with E-state index in [9.17, 15) is 14.4 Å². The Balaban J connectivity index is 1.09. The van der Waals surface area contributed by atoms with Gasteiger partial charge in [-0.15, -0.1) is 0 Å². The van der Waals surface area contributed by atoms with Crippen molar-refractivity contribution in [3.05, 3.63) is 77.5 Å². The third-order valence-electron chi connectivity index (χ3n) is 10.0. The van der Waals surface area contributed by atoms with Gasteiger partial charge in [-0.2, -0.15) is 0 Å². The Bertz CT molecular complexity index is 1650. The molecule has 3 amide bonds. The average Bonchev–Trinajstić information content (AvgIpc) is 3.70. The van der Waals surface area contributed by atoms with Gasteiger partial charge in [0.1, 0.15) is 6.04 Å². The normalized spacial score (nSPS) is 32.0. The summed E-state index contributed by atoms with van der Waals surface area (Å²) in [7, 11) is 2.06. The van der Waals surface area contributed by atoms with E-state index in [1.807, 2.05) is 41.3 Å². The summed E-state index contributed by atoms with van der Waals surface area (Å²) in [5.41, 5.74) is 4.14. The lowest BCUT2D eigenvalue weighted by Gasteiger charge is -2.44. The molecular formula is C33H35N5O4. The summed E-state index contributed by atoms with van der Waals surface area (Å²) in [5.74, 6) is -1.08. The summed E-state index contributed by atoms with van der Waals surface area (Å²) in [6, 6.07) is 15.4. The Morgan fingerprint density at radius 3 is 2.81 bits per heavy atom. The van der Waals surface area contributed by atoms with Crippen molar-refractivity contribution in [3.63, 3.8) is 0 Å². The van der Waals surface area contributed by atoms with E-state index in [1.54, 1.807) is 11.8 Å². The lowest BCUT2D eigenvalue weighted by atomic mass is 9.79. The minimum Gasteiger partial charge on any atom is -0.361 e. The van der Waals surface area contributed by atoms with Crippen molar-refractivity contribution in [2.75, 3.05) is 20.1 Å². The molecule has 9 nitrogen and oxygen atoms in total. The molecule has 9 heteroatoms. The fourth-order valence-electron chi connectivity index (χ4n) is 8.01. The van der Waals surface area contributed by atoms with Crippen molar-refractivity contribution < 1.29 is 19.1 Å². The van der Waals surface area contributed by atoms with Crippen LogP contribution in [-0.2, 0) is 32.0 Å². The number of nitrogens with one attached hydrogen (secondary N) is 2. The van der Waals surface area contributed by atoms with Crippen LogP contribution >= 0.6 is 0 Å². The molecule has 2 N–H and O–H groups in total. The third-order valence-corrected chi connectivity index (χ3v) is 10.0. The Labute approximate surface area is 244 Å². The zero-order valence-electron chi connectivity index (χ0n) is 23.9. The van der Waals surface area contributed by atoms with Gasteiger partial charge in [0.15, 0.2) is 6.23 Å². The minimum atomic E-state index is -1.55. The summed E-state index contributed by atoms with van der Waals surface area (Å²) in [6.07, 6.45) is 6.54. The first-order valence-corrected chi connectivity index (χ1v) is 15.0. The van der Waals surface area contributed by atoms with Crippen LogP contribution < -0.4 is 5.32 Å². The molecule has 0 spiro atoms. The van der Waals surface area contributed by atoms with Crippen molar-refractivity contribution in [1.82, 2.24) is 25.0 Å². The third kappa shape index (κ3) is 3.72. The molecule has 6 atom stereocenters. The zero-order valence-corrected chi connectivity index (χ0v) is 23.9. The highest BCUT2D eigenvalue weighted by atomic mass is 16.6. The number of likely N-dealkylation sites (N-methyl/N-ethyl adjacent to an activating group) is 1. The number of fused-ring (bicyclic) bond motifs is 5. The number of rotatable bonds is 4. The largest absolute Gasteiger partial charge is 0.361 e. The van der Waals surface area contributed by atoms with E-state index < -0.39 is 23.9 Å². The van der Waals surface area contributed by atoms with Gasteiger partial charge in [0.25, 0.3) is 5.91 Å². The molecule has 0 radical (unpaired) electrons. The number of aromatic nitrogens is 1. The van der Waals surface area contributed by atoms with Crippen molar-refractivity contribution >= 4 is 34.2 Å². The zero-order chi connectivity index (χ0) is 28.7. The van der Waals surface area contributed by atoms with Crippen molar-refractivity contribution in [3.8, 4) is 0 Å². The number of hydrogen-bond acceptors (Lipinski definition) is 5. The molecule has 3 fully saturated rings. The van der Waals surface area contributed by atoms with E-state index >= 15 is 0 Å². The van der Waals surface area contributed by atoms with Crippen LogP contribution in [0.2, 0.25) is 0 Å². The Hall–Kier alpha value is -3.95. The van der Waals surface area contributed by atoms with Crippen LogP contribution in [0.5, 0.6) is 0 Å². The minimum absolute atomic E-state index is 0.0367. The van der Waals surface area contributed by atoms with Gasteiger partial charge >= 0.3 is 0 Å². The summed E-state index contributed by atoms with van der Waals surface area (Å²) in [5, 5.41) is 4.23.